The van der Waals surface area contributed by atoms with Crippen LogP contribution in [0, 0.1) is 11.8 Å². The Morgan fingerprint density at radius 2 is 1.97 bits per heavy atom. The van der Waals surface area contributed by atoms with Crippen molar-refractivity contribution in [3.63, 3.8) is 0 Å². The third kappa shape index (κ3) is 5.11. The average Bonchev–Trinajstić information content (AvgIpc) is 2.75. The highest BCUT2D eigenvalue weighted by atomic mass is 16.6. The van der Waals surface area contributed by atoms with Gasteiger partial charge in [0, 0.05) is 22.9 Å². The summed E-state index contributed by atoms with van der Waals surface area (Å²) in [5.41, 5.74) is 2.37. The number of phenols is 1. The SMILES string of the molecule is COC(=O)[C@@H]1C(=O)C2=C(C[C@H]1C)NC(C)=C(C(=O)OCCOC(C)C)[C@@H]2c1cccc(O)c1. The molecule has 0 saturated carbocycles. The number of rotatable bonds is 7. The van der Waals surface area contributed by atoms with Crippen molar-refractivity contribution < 1.29 is 33.7 Å². The van der Waals surface area contributed by atoms with Crippen molar-refractivity contribution in [1.29, 1.82) is 0 Å². The third-order valence-electron chi connectivity index (χ3n) is 5.93. The molecular formula is C25H31NO7. The molecule has 3 rings (SSSR count). The number of carbonyl (C=O) groups is 3. The lowest BCUT2D eigenvalue weighted by molar-refractivity contribution is -0.151. The number of benzene rings is 1. The minimum Gasteiger partial charge on any atom is -0.508 e. The topological polar surface area (TPSA) is 111 Å². The molecule has 1 aliphatic heterocycles. The van der Waals surface area contributed by atoms with Gasteiger partial charge in [0.25, 0.3) is 0 Å². The maximum Gasteiger partial charge on any atom is 0.336 e. The number of allylic oxidation sites excluding steroid dienone is 3. The van der Waals surface area contributed by atoms with E-state index in [1.807, 2.05) is 20.8 Å². The lowest BCUT2D eigenvalue weighted by Gasteiger charge is -2.38. The van der Waals surface area contributed by atoms with Gasteiger partial charge in [-0.15, -0.1) is 0 Å². The molecule has 8 heteroatoms. The van der Waals surface area contributed by atoms with Gasteiger partial charge in [0.1, 0.15) is 18.3 Å². The van der Waals surface area contributed by atoms with E-state index < -0.39 is 29.6 Å². The van der Waals surface area contributed by atoms with Gasteiger partial charge in [-0.05, 0) is 50.8 Å². The Kier molecular flexibility index (Phi) is 7.58. The molecule has 2 N–H and O–H groups in total. The molecule has 0 saturated heterocycles. The molecule has 2 aliphatic rings. The number of dihydropyridines is 1. The Morgan fingerprint density at radius 3 is 2.61 bits per heavy atom. The zero-order chi connectivity index (χ0) is 24.3. The van der Waals surface area contributed by atoms with Crippen LogP contribution in [0.2, 0.25) is 0 Å². The Hall–Kier alpha value is -3.13. The van der Waals surface area contributed by atoms with Gasteiger partial charge in [0.15, 0.2) is 5.78 Å². The highest BCUT2D eigenvalue weighted by molar-refractivity contribution is 6.12. The summed E-state index contributed by atoms with van der Waals surface area (Å²) in [5, 5.41) is 13.3. The fourth-order valence-electron chi connectivity index (χ4n) is 4.48. The molecule has 1 heterocycles. The predicted octanol–water partition coefficient (Wildman–Crippen LogP) is 2.97. The number of ether oxygens (including phenoxy) is 3. The Morgan fingerprint density at radius 1 is 1.24 bits per heavy atom. The molecule has 33 heavy (non-hydrogen) atoms. The summed E-state index contributed by atoms with van der Waals surface area (Å²) in [5.74, 6) is -3.61. The maximum absolute atomic E-state index is 13.6. The first-order valence-corrected chi connectivity index (χ1v) is 11.1. The number of carbonyl (C=O) groups excluding carboxylic acids is 3. The van der Waals surface area contributed by atoms with Crippen molar-refractivity contribution in [2.75, 3.05) is 20.3 Å². The van der Waals surface area contributed by atoms with Gasteiger partial charge < -0.3 is 24.6 Å². The number of phenolic OH excluding ortho intramolecular Hbond substituents is 1. The maximum atomic E-state index is 13.6. The monoisotopic (exact) mass is 457 g/mol. The number of methoxy groups -OCH3 is 1. The molecule has 0 unspecified atom stereocenters. The largest absolute Gasteiger partial charge is 0.508 e. The summed E-state index contributed by atoms with van der Waals surface area (Å²) in [4.78, 5) is 39.2. The van der Waals surface area contributed by atoms with Crippen molar-refractivity contribution in [3.8, 4) is 5.75 Å². The summed E-state index contributed by atoms with van der Waals surface area (Å²) in [7, 11) is 1.25. The molecular weight excluding hydrogens is 426 g/mol. The van der Waals surface area contributed by atoms with Gasteiger partial charge in [0.05, 0.1) is 25.4 Å². The van der Waals surface area contributed by atoms with Crippen molar-refractivity contribution in [2.24, 2.45) is 11.8 Å². The summed E-state index contributed by atoms with van der Waals surface area (Å²) < 4.78 is 15.8. The van der Waals surface area contributed by atoms with Gasteiger partial charge in [0.2, 0.25) is 0 Å². The van der Waals surface area contributed by atoms with Crippen LogP contribution in [-0.2, 0) is 28.6 Å². The van der Waals surface area contributed by atoms with Crippen LogP contribution in [0.3, 0.4) is 0 Å². The van der Waals surface area contributed by atoms with Crippen LogP contribution in [0.5, 0.6) is 5.75 Å². The molecule has 178 valence electrons. The summed E-state index contributed by atoms with van der Waals surface area (Å²) in [6.07, 6.45) is 0.448. The summed E-state index contributed by atoms with van der Waals surface area (Å²) >= 11 is 0. The first kappa shape index (κ1) is 24.5. The lowest BCUT2D eigenvalue weighted by Crippen LogP contribution is -2.43. The van der Waals surface area contributed by atoms with E-state index in [0.717, 1.165) is 0 Å². The molecule has 0 amide bonds. The van der Waals surface area contributed by atoms with E-state index in [1.165, 1.54) is 19.2 Å². The number of esters is 2. The number of ketones is 1. The number of nitrogens with one attached hydrogen (secondary N) is 1. The van der Waals surface area contributed by atoms with E-state index in [2.05, 4.69) is 5.32 Å². The first-order valence-electron chi connectivity index (χ1n) is 11.1. The van der Waals surface area contributed by atoms with E-state index in [0.29, 0.717) is 29.0 Å². The van der Waals surface area contributed by atoms with E-state index in [9.17, 15) is 19.5 Å². The second-order valence-corrected chi connectivity index (χ2v) is 8.69. The van der Waals surface area contributed by atoms with Crippen molar-refractivity contribution in [2.45, 2.75) is 46.1 Å². The van der Waals surface area contributed by atoms with Crippen LogP contribution in [0.25, 0.3) is 0 Å². The quantitative estimate of drug-likeness (QED) is 0.365. The minimum atomic E-state index is -0.967. The number of hydrogen-bond donors (Lipinski definition) is 2. The van der Waals surface area contributed by atoms with Gasteiger partial charge in [-0.1, -0.05) is 19.1 Å². The minimum absolute atomic E-state index is 0.00466. The summed E-state index contributed by atoms with van der Waals surface area (Å²) in [6.45, 7) is 7.66. The molecule has 1 aliphatic carbocycles. The van der Waals surface area contributed by atoms with Gasteiger partial charge in [-0.25, -0.2) is 4.79 Å². The second-order valence-electron chi connectivity index (χ2n) is 8.69. The second kappa shape index (κ2) is 10.2. The van der Waals surface area contributed by atoms with Gasteiger partial charge in [-0.3, -0.25) is 9.59 Å². The fourth-order valence-corrected chi connectivity index (χ4v) is 4.48. The number of aromatic hydroxyl groups is 1. The van der Waals surface area contributed by atoms with Crippen LogP contribution >= 0.6 is 0 Å². The molecule has 0 bridgehead atoms. The molecule has 0 aromatic heterocycles. The Bertz CT molecular complexity index is 1010. The van der Waals surface area contributed by atoms with Gasteiger partial charge in [-0.2, -0.15) is 0 Å². The van der Waals surface area contributed by atoms with Crippen LogP contribution in [0.15, 0.2) is 46.8 Å². The zero-order valence-corrected chi connectivity index (χ0v) is 19.6. The molecule has 3 atom stereocenters. The zero-order valence-electron chi connectivity index (χ0n) is 19.6. The molecule has 1 aromatic carbocycles. The molecule has 0 spiro atoms. The van der Waals surface area contributed by atoms with Crippen molar-refractivity contribution in [1.82, 2.24) is 5.32 Å². The number of Topliss-reactive ketones (excluding diaryl/α,β-unsaturated/α-hetero) is 1. The Labute approximate surface area is 193 Å². The van der Waals surface area contributed by atoms with E-state index in [4.69, 9.17) is 14.2 Å². The Balaban J connectivity index is 2.04. The number of hydrogen-bond acceptors (Lipinski definition) is 8. The highest BCUT2D eigenvalue weighted by Gasteiger charge is 2.47. The smallest absolute Gasteiger partial charge is 0.336 e. The van der Waals surface area contributed by atoms with Crippen molar-refractivity contribution >= 4 is 17.7 Å². The van der Waals surface area contributed by atoms with E-state index in [-0.39, 0.29) is 36.6 Å². The molecule has 1 aromatic rings. The van der Waals surface area contributed by atoms with E-state index >= 15 is 0 Å². The molecule has 8 nitrogen and oxygen atoms in total. The van der Waals surface area contributed by atoms with Crippen LogP contribution in [0.4, 0.5) is 0 Å². The first-order chi connectivity index (χ1) is 15.6. The van der Waals surface area contributed by atoms with Crippen LogP contribution in [-0.4, -0.2) is 49.3 Å². The lowest BCUT2D eigenvalue weighted by atomic mass is 9.69. The van der Waals surface area contributed by atoms with Crippen LogP contribution in [0.1, 0.15) is 45.6 Å². The predicted molar refractivity (Wildman–Crippen MR) is 120 cm³/mol. The summed E-state index contributed by atoms with van der Waals surface area (Å²) in [6, 6.07) is 6.41. The third-order valence-corrected chi connectivity index (χ3v) is 5.93. The molecule has 0 radical (unpaired) electrons. The van der Waals surface area contributed by atoms with E-state index in [1.54, 1.807) is 19.1 Å². The molecule has 0 fully saturated rings. The standard InChI is InChI=1S/C25H31NO7/c1-13(2)32-9-10-33-25(30)20-15(4)26-18-11-14(3)19(24(29)31-5)23(28)22(18)21(20)16-7-6-8-17(27)12-16/h6-8,12-14,19,21,26-27H,9-11H2,1-5H3/t14-,19+,21+/m1/s1. The highest BCUT2D eigenvalue weighted by Crippen LogP contribution is 2.45. The normalized spacial score (nSPS) is 22.7. The average molecular weight is 458 g/mol. The van der Waals surface area contributed by atoms with Crippen molar-refractivity contribution in [3.05, 3.63) is 52.4 Å². The fraction of sp³-hybridized carbons (Fsp3) is 0.480. The van der Waals surface area contributed by atoms with Crippen LogP contribution < -0.4 is 5.32 Å². The van der Waals surface area contributed by atoms with Gasteiger partial charge >= 0.3 is 11.9 Å².